The Bertz CT molecular complexity index is 181. The van der Waals surface area contributed by atoms with Crippen molar-refractivity contribution in [2.24, 2.45) is 0 Å². The zero-order valence-corrected chi connectivity index (χ0v) is 11.4. The molecule has 96 valence electrons. The van der Waals surface area contributed by atoms with E-state index in [0.29, 0.717) is 0 Å². The van der Waals surface area contributed by atoms with Crippen LogP contribution in [-0.2, 0) is 4.79 Å². The smallest absolute Gasteiger partial charge is 0.238 e. The van der Waals surface area contributed by atoms with E-state index in [0.717, 1.165) is 6.54 Å². The van der Waals surface area contributed by atoms with Crippen molar-refractivity contribution in [3.63, 3.8) is 0 Å². The molecule has 0 spiro atoms. The van der Waals surface area contributed by atoms with Crippen molar-refractivity contribution >= 4 is 5.91 Å². The minimum Gasteiger partial charge on any atom is -0.347 e. The van der Waals surface area contributed by atoms with Gasteiger partial charge in [0.2, 0.25) is 5.91 Å². The number of carbonyl (C=O) groups is 1. The van der Waals surface area contributed by atoms with Crippen LogP contribution >= 0.6 is 0 Å². The molecule has 3 nitrogen and oxygen atoms in total. The van der Waals surface area contributed by atoms with Crippen LogP contribution in [0.5, 0.6) is 0 Å². The van der Waals surface area contributed by atoms with E-state index in [2.05, 4.69) is 12.2 Å². The van der Waals surface area contributed by atoms with Crippen LogP contribution in [0.25, 0.3) is 0 Å². The maximum atomic E-state index is 11.5. The van der Waals surface area contributed by atoms with Crippen LogP contribution in [0.3, 0.4) is 0 Å². The molecular weight excluding hydrogens is 200 g/mol. The lowest BCUT2D eigenvalue weighted by Gasteiger charge is -2.17. The fourth-order valence-electron chi connectivity index (χ4n) is 1.70. The van der Waals surface area contributed by atoms with E-state index in [9.17, 15) is 4.79 Å². The summed E-state index contributed by atoms with van der Waals surface area (Å²) in [5.74, 6) is 0.158. The minimum atomic E-state index is -0.0503. The molecule has 16 heavy (non-hydrogen) atoms. The molecule has 0 aromatic carbocycles. The SMILES string of the molecule is CCCCCCCCNC(C)C(=O)N(C)C. The monoisotopic (exact) mass is 228 g/mol. The first-order valence-corrected chi connectivity index (χ1v) is 6.54. The highest BCUT2D eigenvalue weighted by atomic mass is 16.2. The van der Waals surface area contributed by atoms with Gasteiger partial charge in [-0.1, -0.05) is 39.0 Å². The largest absolute Gasteiger partial charge is 0.347 e. The van der Waals surface area contributed by atoms with Gasteiger partial charge in [-0.25, -0.2) is 0 Å². The molecule has 0 aromatic rings. The van der Waals surface area contributed by atoms with Crippen molar-refractivity contribution in [2.45, 2.75) is 58.4 Å². The van der Waals surface area contributed by atoms with Gasteiger partial charge in [-0.05, 0) is 19.9 Å². The molecule has 1 N–H and O–H groups in total. The summed E-state index contributed by atoms with van der Waals surface area (Å²) in [5, 5.41) is 3.26. The van der Waals surface area contributed by atoms with Crippen LogP contribution in [0.1, 0.15) is 52.4 Å². The molecule has 3 heteroatoms. The Morgan fingerprint density at radius 2 is 1.69 bits per heavy atom. The molecular formula is C13H28N2O. The van der Waals surface area contributed by atoms with Crippen molar-refractivity contribution in [1.82, 2.24) is 10.2 Å². The molecule has 0 aliphatic heterocycles. The lowest BCUT2D eigenvalue weighted by molar-refractivity contribution is -0.130. The first-order valence-electron chi connectivity index (χ1n) is 6.54. The van der Waals surface area contributed by atoms with Gasteiger partial charge in [-0.15, -0.1) is 0 Å². The van der Waals surface area contributed by atoms with Gasteiger partial charge in [0.25, 0.3) is 0 Å². The maximum absolute atomic E-state index is 11.5. The van der Waals surface area contributed by atoms with Crippen molar-refractivity contribution in [3.8, 4) is 0 Å². The van der Waals surface area contributed by atoms with Crippen molar-refractivity contribution in [2.75, 3.05) is 20.6 Å². The van der Waals surface area contributed by atoms with Crippen LogP contribution in [0.4, 0.5) is 0 Å². The van der Waals surface area contributed by atoms with Gasteiger partial charge in [0.05, 0.1) is 6.04 Å². The zero-order valence-electron chi connectivity index (χ0n) is 11.4. The van der Waals surface area contributed by atoms with E-state index in [1.54, 1.807) is 19.0 Å². The summed E-state index contributed by atoms with van der Waals surface area (Å²) >= 11 is 0. The van der Waals surface area contributed by atoms with Gasteiger partial charge < -0.3 is 10.2 Å². The summed E-state index contributed by atoms with van der Waals surface area (Å²) in [4.78, 5) is 13.1. The highest BCUT2D eigenvalue weighted by Gasteiger charge is 2.12. The third kappa shape index (κ3) is 7.69. The Morgan fingerprint density at radius 3 is 2.25 bits per heavy atom. The van der Waals surface area contributed by atoms with E-state index in [-0.39, 0.29) is 11.9 Å². The molecule has 0 aromatic heterocycles. The molecule has 1 amide bonds. The Morgan fingerprint density at radius 1 is 1.12 bits per heavy atom. The van der Waals surface area contributed by atoms with E-state index in [4.69, 9.17) is 0 Å². The Hall–Kier alpha value is -0.570. The molecule has 0 rings (SSSR count). The standard InChI is InChI=1S/C13H28N2O/c1-5-6-7-8-9-10-11-14-12(2)13(16)15(3)4/h12,14H,5-11H2,1-4H3. The quantitative estimate of drug-likeness (QED) is 0.615. The second-order valence-electron chi connectivity index (χ2n) is 4.68. The Labute approximate surface area is 101 Å². The van der Waals surface area contributed by atoms with E-state index in [1.807, 2.05) is 6.92 Å². The number of carbonyl (C=O) groups excluding carboxylic acids is 1. The summed E-state index contributed by atoms with van der Waals surface area (Å²) in [6, 6.07) is -0.0503. The number of likely N-dealkylation sites (N-methyl/N-ethyl adjacent to an activating group) is 1. The van der Waals surface area contributed by atoms with Gasteiger partial charge in [0.1, 0.15) is 0 Å². The molecule has 0 aliphatic carbocycles. The van der Waals surface area contributed by atoms with Crippen LogP contribution in [0.2, 0.25) is 0 Å². The summed E-state index contributed by atoms with van der Waals surface area (Å²) in [7, 11) is 3.59. The van der Waals surface area contributed by atoms with Crippen LogP contribution in [0.15, 0.2) is 0 Å². The summed E-state index contributed by atoms with van der Waals surface area (Å²) < 4.78 is 0. The summed E-state index contributed by atoms with van der Waals surface area (Å²) in [6.45, 7) is 5.11. The molecule has 0 saturated heterocycles. The number of rotatable bonds is 9. The Kier molecular flexibility index (Phi) is 9.30. The molecule has 0 radical (unpaired) electrons. The van der Waals surface area contributed by atoms with E-state index >= 15 is 0 Å². The molecule has 0 aliphatic rings. The first-order chi connectivity index (χ1) is 7.59. The predicted molar refractivity (Wildman–Crippen MR) is 69.5 cm³/mol. The average Bonchev–Trinajstić information content (AvgIpc) is 2.26. The van der Waals surface area contributed by atoms with Crippen molar-refractivity contribution in [1.29, 1.82) is 0 Å². The van der Waals surface area contributed by atoms with E-state index < -0.39 is 0 Å². The third-order valence-corrected chi connectivity index (χ3v) is 2.79. The highest BCUT2D eigenvalue weighted by Crippen LogP contribution is 2.04. The zero-order chi connectivity index (χ0) is 12.4. The third-order valence-electron chi connectivity index (χ3n) is 2.79. The molecule has 1 unspecified atom stereocenters. The number of nitrogens with zero attached hydrogens (tertiary/aromatic N) is 1. The number of hydrogen-bond donors (Lipinski definition) is 1. The highest BCUT2D eigenvalue weighted by molar-refractivity contribution is 5.80. The second-order valence-corrected chi connectivity index (χ2v) is 4.68. The molecule has 0 saturated carbocycles. The lowest BCUT2D eigenvalue weighted by Crippen LogP contribution is -2.41. The number of amides is 1. The van der Waals surface area contributed by atoms with Gasteiger partial charge >= 0.3 is 0 Å². The predicted octanol–water partition coefficient (Wildman–Crippen LogP) is 2.41. The van der Waals surface area contributed by atoms with Gasteiger partial charge in [0, 0.05) is 14.1 Å². The van der Waals surface area contributed by atoms with Crippen LogP contribution in [0, 0.1) is 0 Å². The first kappa shape index (κ1) is 15.4. The van der Waals surface area contributed by atoms with E-state index in [1.165, 1.54) is 38.5 Å². The van der Waals surface area contributed by atoms with Crippen LogP contribution in [-0.4, -0.2) is 37.5 Å². The number of hydrogen-bond acceptors (Lipinski definition) is 2. The molecule has 0 fully saturated rings. The normalized spacial score (nSPS) is 12.5. The minimum absolute atomic E-state index is 0.0503. The van der Waals surface area contributed by atoms with Crippen molar-refractivity contribution in [3.05, 3.63) is 0 Å². The maximum Gasteiger partial charge on any atom is 0.238 e. The summed E-state index contributed by atoms with van der Waals surface area (Å²) in [5.41, 5.74) is 0. The molecule has 0 heterocycles. The fourth-order valence-corrected chi connectivity index (χ4v) is 1.70. The lowest BCUT2D eigenvalue weighted by atomic mass is 10.1. The summed E-state index contributed by atoms with van der Waals surface area (Å²) in [6.07, 6.45) is 7.77. The van der Waals surface area contributed by atoms with Gasteiger partial charge in [-0.3, -0.25) is 4.79 Å². The number of nitrogens with one attached hydrogen (secondary N) is 1. The van der Waals surface area contributed by atoms with Crippen molar-refractivity contribution < 1.29 is 4.79 Å². The van der Waals surface area contributed by atoms with Gasteiger partial charge in [-0.2, -0.15) is 0 Å². The number of unbranched alkanes of at least 4 members (excludes halogenated alkanes) is 5. The van der Waals surface area contributed by atoms with Crippen LogP contribution < -0.4 is 5.32 Å². The fraction of sp³-hybridized carbons (Fsp3) is 0.923. The second kappa shape index (κ2) is 9.64. The molecule has 1 atom stereocenters. The van der Waals surface area contributed by atoms with Gasteiger partial charge in [0.15, 0.2) is 0 Å². The topological polar surface area (TPSA) is 32.3 Å². The average molecular weight is 228 g/mol. The molecule has 0 bridgehead atoms. The Balaban J connectivity index is 3.34.